The molecule has 0 amide bonds. The molecule has 0 bridgehead atoms. The van der Waals surface area contributed by atoms with Crippen LogP contribution in [0.2, 0.25) is 0 Å². The Kier molecular flexibility index (Phi) is 4.48. The third-order valence-electron chi connectivity index (χ3n) is 3.13. The molecule has 21 heavy (non-hydrogen) atoms. The lowest BCUT2D eigenvalue weighted by Crippen LogP contribution is -2.31. The molecule has 0 radical (unpaired) electrons. The van der Waals surface area contributed by atoms with Crippen LogP contribution in [0.15, 0.2) is 54.6 Å². The van der Waals surface area contributed by atoms with E-state index in [9.17, 15) is 4.79 Å². The van der Waals surface area contributed by atoms with Gasteiger partial charge in [-0.25, -0.2) is 0 Å². The molecule has 2 aromatic carbocycles. The Morgan fingerprint density at radius 2 is 1.76 bits per heavy atom. The molecule has 0 fully saturated rings. The van der Waals surface area contributed by atoms with E-state index in [4.69, 9.17) is 9.84 Å². The molecule has 0 atom stereocenters. The number of hydrogen-bond acceptors (Lipinski definition) is 3. The number of rotatable bonds is 6. The van der Waals surface area contributed by atoms with Crippen molar-refractivity contribution in [3.05, 3.63) is 54.6 Å². The summed E-state index contributed by atoms with van der Waals surface area (Å²) in [5.74, 6) is 0.645. The van der Waals surface area contributed by atoms with Gasteiger partial charge in [-0.2, -0.15) is 0 Å². The van der Waals surface area contributed by atoms with Crippen molar-refractivity contribution in [3.8, 4) is 11.5 Å². The first-order chi connectivity index (χ1) is 9.97. The summed E-state index contributed by atoms with van der Waals surface area (Å²) in [6, 6.07) is 17.0. The normalized spacial score (nSPS) is 11.0. The van der Waals surface area contributed by atoms with Crippen LogP contribution in [0, 0.1) is 5.41 Å². The summed E-state index contributed by atoms with van der Waals surface area (Å²) in [5.41, 5.74) is 0.00813. The molecule has 0 aliphatic rings. The summed E-state index contributed by atoms with van der Waals surface area (Å²) in [7, 11) is 0. The zero-order valence-electron chi connectivity index (χ0n) is 12.2. The number of carbonyl (C=O) groups is 1. The summed E-state index contributed by atoms with van der Waals surface area (Å²) in [6.45, 7) is 3.72. The van der Waals surface area contributed by atoms with Gasteiger partial charge in [-0.3, -0.25) is 4.79 Å². The number of aliphatic carboxylic acids is 1. The second kappa shape index (κ2) is 6.31. The average molecular weight is 285 g/mol. The molecule has 0 aliphatic heterocycles. The summed E-state index contributed by atoms with van der Waals surface area (Å²) in [5, 5.41) is 12.2. The van der Waals surface area contributed by atoms with E-state index in [-0.39, 0.29) is 0 Å². The lowest BCUT2D eigenvalue weighted by atomic mass is 9.94. The lowest BCUT2D eigenvalue weighted by molar-refractivity contribution is -0.146. The Morgan fingerprint density at radius 1 is 1.10 bits per heavy atom. The Balaban J connectivity index is 2.03. The Morgan fingerprint density at radius 3 is 2.43 bits per heavy atom. The van der Waals surface area contributed by atoms with E-state index in [1.54, 1.807) is 13.8 Å². The number of carboxylic acids is 1. The fraction of sp³-hybridized carbons (Fsp3) is 0.235. The first-order valence-electron chi connectivity index (χ1n) is 6.78. The molecule has 0 unspecified atom stereocenters. The highest BCUT2D eigenvalue weighted by Crippen LogP contribution is 2.25. The summed E-state index contributed by atoms with van der Waals surface area (Å²) >= 11 is 0. The van der Waals surface area contributed by atoms with Crippen molar-refractivity contribution in [1.82, 2.24) is 0 Å². The van der Waals surface area contributed by atoms with Gasteiger partial charge in [0, 0.05) is 18.3 Å². The van der Waals surface area contributed by atoms with E-state index >= 15 is 0 Å². The van der Waals surface area contributed by atoms with E-state index < -0.39 is 11.4 Å². The van der Waals surface area contributed by atoms with E-state index in [1.165, 1.54) is 0 Å². The Bertz CT molecular complexity index is 608. The molecule has 0 spiro atoms. The highest BCUT2D eigenvalue weighted by atomic mass is 16.5. The second-order valence-corrected chi connectivity index (χ2v) is 5.49. The van der Waals surface area contributed by atoms with Crippen molar-refractivity contribution in [3.63, 3.8) is 0 Å². The SMILES string of the molecule is CC(C)(CNc1cccc(Oc2ccccc2)c1)C(=O)O. The number of anilines is 1. The quantitative estimate of drug-likeness (QED) is 0.842. The third-order valence-corrected chi connectivity index (χ3v) is 3.13. The minimum atomic E-state index is -0.827. The fourth-order valence-electron chi connectivity index (χ4n) is 1.69. The minimum Gasteiger partial charge on any atom is -0.481 e. The van der Waals surface area contributed by atoms with Crippen LogP contribution in [-0.2, 0) is 4.79 Å². The zero-order valence-corrected chi connectivity index (χ0v) is 12.2. The maximum Gasteiger partial charge on any atom is 0.310 e. The Hall–Kier alpha value is -2.49. The van der Waals surface area contributed by atoms with E-state index in [0.717, 1.165) is 11.4 Å². The van der Waals surface area contributed by atoms with Crippen molar-refractivity contribution in [2.45, 2.75) is 13.8 Å². The van der Waals surface area contributed by atoms with Crippen LogP contribution >= 0.6 is 0 Å². The lowest BCUT2D eigenvalue weighted by Gasteiger charge is -2.20. The predicted octanol–water partition coefficient (Wildman–Crippen LogP) is 4.00. The van der Waals surface area contributed by atoms with E-state index in [0.29, 0.717) is 12.3 Å². The molecule has 0 aliphatic carbocycles. The van der Waals surface area contributed by atoms with Crippen molar-refractivity contribution in [2.24, 2.45) is 5.41 Å². The Labute approximate surface area is 124 Å². The smallest absolute Gasteiger partial charge is 0.310 e. The fourth-order valence-corrected chi connectivity index (χ4v) is 1.69. The number of benzene rings is 2. The van der Waals surface area contributed by atoms with E-state index in [1.807, 2.05) is 54.6 Å². The van der Waals surface area contributed by atoms with Gasteiger partial charge in [0.1, 0.15) is 11.5 Å². The number of ether oxygens (including phenoxy) is 1. The molecule has 110 valence electrons. The highest BCUT2D eigenvalue weighted by Gasteiger charge is 2.26. The maximum atomic E-state index is 11.1. The van der Waals surface area contributed by atoms with Crippen LogP contribution < -0.4 is 10.1 Å². The first-order valence-corrected chi connectivity index (χ1v) is 6.78. The third kappa shape index (κ3) is 4.24. The van der Waals surface area contributed by atoms with Gasteiger partial charge in [-0.05, 0) is 38.1 Å². The minimum absolute atomic E-state index is 0.344. The second-order valence-electron chi connectivity index (χ2n) is 5.49. The largest absolute Gasteiger partial charge is 0.481 e. The van der Waals surface area contributed by atoms with Crippen molar-refractivity contribution >= 4 is 11.7 Å². The highest BCUT2D eigenvalue weighted by molar-refractivity contribution is 5.74. The molecule has 0 aromatic heterocycles. The topological polar surface area (TPSA) is 58.6 Å². The van der Waals surface area contributed by atoms with Crippen LogP contribution in [0.4, 0.5) is 5.69 Å². The van der Waals surface area contributed by atoms with Crippen LogP contribution in [-0.4, -0.2) is 17.6 Å². The van der Waals surface area contributed by atoms with Crippen LogP contribution in [0.25, 0.3) is 0 Å². The van der Waals surface area contributed by atoms with E-state index in [2.05, 4.69) is 5.32 Å². The first kappa shape index (κ1) is 14.9. The molecule has 0 saturated heterocycles. The average Bonchev–Trinajstić information content (AvgIpc) is 2.47. The van der Waals surface area contributed by atoms with Crippen LogP contribution in [0.3, 0.4) is 0 Å². The van der Waals surface area contributed by atoms with Gasteiger partial charge in [-0.15, -0.1) is 0 Å². The van der Waals surface area contributed by atoms with Crippen molar-refractivity contribution in [2.75, 3.05) is 11.9 Å². The number of nitrogens with one attached hydrogen (secondary N) is 1. The molecular weight excluding hydrogens is 266 g/mol. The van der Waals surface area contributed by atoms with Gasteiger partial charge in [-0.1, -0.05) is 24.3 Å². The molecule has 2 rings (SSSR count). The van der Waals surface area contributed by atoms with Crippen LogP contribution in [0.5, 0.6) is 11.5 Å². The van der Waals surface area contributed by atoms with Gasteiger partial charge in [0.15, 0.2) is 0 Å². The number of para-hydroxylation sites is 1. The number of carboxylic acid groups (broad SMARTS) is 1. The molecule has 4 heteroatoms. The molecular formula is C17H19NO3. The van der Waals surface area contributed by atoms with Gasteiger partial charge < -0.3 is 15.2 Å². The monoisotopic (exact) mass is 285 g/mol. The summed E-state index contributed by atoms with van der Waals surface area (Å²) in [4.78, 5) is 11.1. The van der Waals surface area contributed by atoms with Gasteiger partial charge in [0.05, 0.1) is 5.41 Å². The van der Waals surface area contributed by atoms with Crippen LogP contribution in [0.1, 0.15) is 13.8 Å². The zero-order chi connectivity index (χ0) is 15.3. The standard InChI is InChI=1S/C17H19NO3/c1-17(2,16(19)20)12-18-13-7-6-10-15(11-13)21-14-8-4-3-5-9-14/h3-11,18H,12H2,1-2H3,(H,19,20). The maximum absolute atomic E-state index is 11.1. The van der Waals surface area contributed by atoms with Crippen molar-refractivity contribution < 1.29 is 14.6 Å². The number of hydrogen-bond donors (Lipinski definition) is 2. The molecule has 0 saturated carbocycles. The molecule has 2 aromatic rings. The summed E-state index contributed by atoms with van der Waals surface area (Å²) in [6.07, 6.45) is 0. The molecule has 4 nitrogen and oxygen atoms in total. The van der Waals surface area contributed by atoms with Gasteiger partial charge in [0.25, 0.3) is 0 Å². The van der Waals surface area contributed by atoms with Crippen molar-refractivity contribution in [1.29, 1.82) is 0 Å². The molecule has 2 N–H and O–H groups in total. The molecule has 0 heterocycles. The van der Waals surface area contributed by atoms with Gasteiger partial charge >= 0.3 is 5.97 Å². The predicted molar refractivity (Wildman–Crippen MR) is 82.9 cm³/mol. The van der Waals surface area contributed by atoms with Gasteiger partial charge in [0.2, 0.25) is 0 Å². The summed E-state index contributed by atoms with van der Waals surface area (Å²) < 4.78 is 5.74.